The first-order valence-electron chi connectivity index (χ1n) is 10.6. The molecule has 1 aliphatic rings. The van der Waals surface area contributed by atoms with Crippen LogP contribution in [0.3, 0.4) is 0 Å². The maximum atomic E-state index is 12.7. The highest BCUT2D eigenvalue weighted by atomic mass is 16.5. The molecule has 1 saturated heterocycles. The van der Waals surface area contributed by atoms with Crippen LogP contribution >= 0.6 is 0 Å². The lowest BCUT2D eigenvalue weighted by molar-refractivity contribution is 0.0599. The third-order valence-corrected chi connectivity index (χ3v) is 5.69. The SMILES string of the molecule is CCCCc1nc2ccc(C(=O)N3CCC3)cc2n1Cc1ccc(C(=O)OC)cc1. The number of aryl methyl sites for hydroxylation is 1. The lowest BCUT2D eigenvalue weighted by Crippen LogP contribution is -2.42. The Kier molecular flexibility index (Phi) is 5.84. The molecule has 156 valence electrons. The van der Waals surface area contributed by atoms with Crippen LogP contribution in [-0.2, 0) is 17.7 Å². The van der Waals surface area contributed by atoms with Crippen molar-refractivity contribution in [2.75, 3.05) is 20.2 Å². The van der Waals surface area contributed by atoms with E-state index in [9.17, 15) is 9.59 Å². The molecule has 0 N–H and O–H groups in total. The summed E-state index contributed by atoms with van der Waals surface area (Å²) in [5.74, 6) is 0.776. The molecular weight excluding hydrogens is 378 g/mol. The number of carbonyl (C=O) groups excluding carboxylic acids is 2. The van der Waals surface area contributed by atoms with Crippen molar-refractivity contribution < 1.29 is 14.3 Å². The number of rotatable bonds is 7. The topological polar surface area (TPSA) is 64.4 Å². The minimum Gasteiger partial charge on any atom is -0.465 e. The molecule has 1 aromatic heterocycles. The zero-order valence-corrected chi connectivity index (χ0v) is 17.6. The molecular formula is C24H27N3O3. The first-order valence-corrected chi connectivity index (χ1v) is 10.6. The second kappa shape index (κ2) is 8.69. The number of esters is 1. The number of hydrogen-bond donors (Lipinski definition) is 0. The molecule has 3 aromatic rings. The maximum Gasteiger partial charge on any atom is 0.337 e. The maximum absolute atomic E-state index is 12.7. The van der Waals surface area contributed by atoms with Crippen molar-refractivity contribution in [1.29, 1.82) is 0 Å². The van der Waals surface area contributed by atoms with Crippen LogP contribution in [0.15, 0.2) is 42.5 Å². The first-order chi connectivity index (χ1) is 14.6. The fraction of sp³-hybridized carbons (Fsp3) is 0.375. The summed E-state index contributed by atoms with van der Waals surface area (Å²) in [5, 5.41) is 0. The summed E-state index contributed by atoms with van der Waals surface area (Å²) in [6.45, 7) is 4.48. The molecule has 2 aromatic carbocycles. The molecule has 0 atom stereocenters. The lowest BCUT2D eigenvalue weighted by Gasteiger charge is -2.30. The molecule has 0 spiro atoms. The molecule has 4 rings (SSSR count). The number of carbonyl (C=O) groups is 2. The number of unbranched alkanes of at least 4 members (excludes halogenated alkanes) is 1. The fourth-order valence-corrected chi connectivity index (χ4v) is 3.76. The van der Waals surface area contributed by atoms with Crippen molar-refractivity contribution in [2.24, 2.45) is 0 Å². The van der Waals surface area contributed by atoms with Gasteiger partial charge in [0, 0.05) is 31.6 Å². The van der Waals surface area contributed by atoms with E-state index in [-0.39, 0.29) is 11.9 Å². The molecule has 2 heterocycles. The Morgan fingerprint density at radius 1 is 1.07 bits per heavy atom. The van der Waals surface area contributed by atoms with E-state index in [2.05, 4.69) is 11.5 Å². The number of fused-ring (bicyclic) bond motifs is 1. The van der Waals surface area contributed by atoms with Gasteiger partial charge in [-0.25, -0.2) is 9.78 Å². The van der Waals surface area contributed by atoms with E-state index in [0.717, 1.165) is 61.2 Å². The van der Waals surface area contributed by atoms with Gasteiger partial charge in [0.15, 0.2) is 0 Å². The van der Waals surface area contributed by atoms with Crippen molar-refractivity contribution in [3.05, 3.63) is 65.0 Å². The van der Waals surface area contributed by atoms with Crippen LogP contribution in [0.25, 0.3) is 11.0 Å². The van der Waals surface area contributed by atoms with Crippen LogP contribution in [0, 0.1) is 0 Å². The van der Waals surface area contributed by atoms with Gasteiger partial charge in [-0.3, -0.25) is 4.79 Å². The van der Waals surface area contributed by atoms with Gasteiger partial charge in [-0.15, -0.1) is 0 Å². The van der Waals surface area contributed by atoms with Crippen LogP contribution < -0.4 is 0 Å². The molecule has 1 aliphatic heterocycles. The van der Waals surface area contributed by atoms with E-state index in [1.54, 1.807) is 12.1 Å². The summed E-state index contributed by atoms with van der Waals surface area (Å²) in [4.78, 5) is 31.1. The van der Waals surface area contributed by atoms with E-state index in [0.29, 0.717) is 17.7 Å². The summed E-state index contributed by atoms with van der Waals surface area (Å²) >= 11 is 0. The van der Waals surface area contributed by atoms with Gasteiger partial charge >= 0.3 is 5.97 Å². The third-order valence-electron chi connectivity index (χ3n) is 5.69. The van der Waals surface area contributed by atoms with E-state index in [1.807, 2.05) is 35.2 Å². The molecule has 0 aliphatic carbocycles. The van der Waals surface area contributed by atoms with Crippen LogP contribution in [0.1, 0.15) is 58.3 Å². The number of amides is 1. The second-order valence-corrected chi connectivity index (χ2v) is 7.76. The molecule has 0 saturated carbocycles. The number of nitrogens with zero attached hydrogens (tertiary/aromatic N) is 3. The Bertz CT molecular complexity index is 1070. The molecule has 1 amide bonds. The Hall–Kier alpha value is -3.15. The van der Waals surface area contributed by atoms with Gasteiger partial charge in [0.2, 0.25) is 0 Å². The highest BCUT2D eigenvalue weighted by Crippen LogP contribution is 2.23. The predicted molar refractivity (Wildman–Crippen MR) is 116 cm³/mol. The normalized spacial score (nSPS) is 13.3. The molecule has 1 fully saturated rings. The van der Waals surface area contributed by atoms with Gasteiger partial charge < -0.3 is 14.2 Å². The molecule has 0 unspecified atom stereocenters. The Balaban J connectivity index is 1.69. The van der Waals surface area contributed by atoms with Crippen LogP contribution in [0.2, 0.25) is 0 Å². The average Bonchev–Trinajstić information content (AvgIpc) is 3.07. The van der Waals surface area contributed by atoms with Crippen LogP contribution in [0.4, 0.5) is 0 Å². The molecule has 0 radical (unpaired) electrons. The van der Waals surface area contributed by atoms with Gasteiger partial charge in [0.1, 0.15) is 5.82 Å². The van der Waals surface area contributed by atoms with Crippen LogP contribution in [0.5, 0.6) is 0 Å². The standard InChI is InChI=1S/C24H27N3O3/c1-3-4-6-22-25-20-12-11-19(23(28)26-13-5-14-26)15-21(20)27(22)16-17-7-9-18(10-8-17)24(29)30-2/h7-12,15H,3-6,13-14,16H2,1-2H3. The van der Waals surface area contributed by atoms with Gasteiger partial charge in [-0.05, 0) is 48.7 Å². The number of likely N-dealkylation sites (tertiary alicyclic amines) is 1. The lowest BCUT2D eigenvalue weighted by atomic mass is 10.1. The summed E-state index contributed by atoms with van der Waals surface area (Å²) in [7, 11) is 1.38. The summed E-state index contributed by atoms with van der Waals surface area (Å²) in [5.41, 5.74) is 4.20. The fourth-order valence-electron chi connectivity index (χ4n) is 3.76. The van der Waals surface area contributed by atoms with Gasteiger partial charge in [0.05, 0.1) is 23.7 Å². The van der Waals surface area contributed by atoms with Gasteiger partial charge in [0.25, 0.3) is 5.91 Å². The molecule has 6 nitrogen and oxygen atoms in total. The summed E-state index contributed by atoms with van der Waals surface area (Å²) in [6, 6.07) is 13.3. The van der Waals surface area contributed by atoms with Crippen molar-refractivity contribution in [1.82, 2.24) is 14.5 Å². The van der Waals surface area contributed by atoms with Gasteiger partial charge in [-0.1, -0.05) is 25.5 Å². The number of benzene rings is 2. The predicted octanol–water partition coefficient (Wildman–Crippen LogP) is 4.06. The number of imidazole rings is 1. The molecule has 6 heteroatoms. The minimum absolute atomic E-state index is 0.0911. The van der Waals surface area contributed by atoms with Crippen molar-refractivity contribution in [3.8, 4) is 0 Å². The van der Waals surface area contributed by atoms with Crippen molar-refractivity contribution >= 4 is 22.9 Å². The van der Waals surface area contributed by atoms with E-state index in [4.69, 9.17) is 9.72 Å². The highest BCUT2D eigenvalue weighted by molar-refractivity contribution is 5.98. The Morgan fingerprint density at radius 2 is 1.80 bits per heavy atom. The van der Waals surface area contributed by atoms with Gasteiger partial charge in [-0.2, -0.15) is 0 Å². The average molecular weight is 405 g/mol. The largest absolute Gasteiger partial charge is 0.465 e. The number of methoxy groups -OCH3 is 1. The van der Waals surface area contributed by atoms with Crippen molar-refractivity contribution in [3.63, 3.8) is 0 Å². The molecule has 30 heavy (non-hydrogen) atoms. The quantitative estimate of drug-likeness (QED) is 0.556. The van der Waals surface area contributed by atoms with E-state index in [1.165, 1.54) is 7.11 Å². The highest BCUT2D eigenvalue weighted by Gasteiger charge is 2.22. The number of hydrogen-bond acceptors (Lipinski definition) is 4. The summed E-state index contributed by atoms with van der Waals surface area (Å²) in [6.07, 6.45) is 4.12. The van der Waals surface area contributed by atoms with Crippen LogP contribution in [-0.4, -0.2) is 46.5 Å². The van der Waals surface area contributed by atoms with E-state index < -0.39 is 0 Å². The minimum atomic E-state index is -0.340. The van der Waals surface area contributed by atoms with Crippen molar-refractivity contribution in [2.45, 2.75) is 39.2 Å². The number of aromatic nitrogens is 2. The monoisotopic (exact) mass is 405 g/mol. The first kappa shape index (κ1) is 20.1. The zero-order valence-electron chi connectivity index (χ0n) is 17.6. The molecule has 0 bridgehead atoms. The zero-order chi connectivity index (χ0) is 21.1. The Labute approximate surface area is 176 Å². The number of ether oxygens (including phenoxy) is 1. The third kappa shape index (κ3) is 3.95. The van der Waals surface area contributed by atoms with E-state index >= 15 is 0 Å². The smallest absolute Gasteiger partial charge is 0.337 e. The second-order valence-electron chi connectivity index (χ2n) is 7.76. The summed E-state index contributed by atoms with van der Waals surface area (Å²) < 4.78 is 6.98. The Morgan fingerprint density at radius 3 is 2.43 bits per heavy atom.